The molecule has 172 valence electrons. The molecular formula is C29H29N3O2. The fraction of sp³-hybridized carbons (Fsp3) is 0.207. The molecule has 0 bridgehead atoms. The predicted octanol–water partition coefficient (Wildman–Crippen LogP) is 5.64. The number of nitrogens with one attached hydrogen (secondary N) is 2. The van der Waals surface area contributed by atoms with Crippen molar-refractivity contribution in [3.05, 3.63) is 113 Å². The molecule has 1 heterocycles. The first kappa shape index (κ1) is 21.8. The number of hydrogen-bond donors (Lipinski definition) is 2. The molecular weight excluding hydrogens is 422 g/mol. The molecule has 34 heavy (non-hydrogen) atoms. The highest BCUT2D eigenvalue weighted by Crippen LogP contribution is 2.46. The van der Waals surface area contributed by atoms with Crippen LogP contribution in [0.4, 0.5) is 10.5 Å². The largest absolute Gasteiger partial charge is 0.497 e. The Morgan fingerprint density at radius 1 is 0.882 bits per heavy atom. The van der Waals surface area contributed by atoms with Crippen LogP contribution in [0.5, 0.6) is 5.75 Å². The lowest BCUT2D eigenvalue weighted by Crippen LogP contribution is -2.45. The maximum absolute atomic E-state index is 12.7. The number of urea groups is 1. The van der Waals surface area contributed by atoms with E-state index in [1.54, 1.807) is 7.11 Å². The summed E-state index contributed by atoms with van der Waals surface area (Å²) in [5.74, 6) is 0.936. The fourth-order valence-electron chi connectivity index (χ4n) is 4.88. The van der Waals surface area contributed by atoms with E-state index in [4.69, 9.17) is 4.74 Å². The van der Waals surface area contributed by atoms with E-state index in [0.717, 1.165) is 29.1 Å². The molecule has 0 radical (unpaired) electrons. The second-order valence-corrected chi connectivity index (χ2v) is 8.95. The maximum atomic E-state index is 12.7. The summed E-state index contributed by atoms with van der Waals surface area (Å²) in [4.78, 5) is 14.8. The van der Waals surface area contributed by atoms with Gasteiger partial charge in [-0.3, -0.25) is 0 Å². The monoisotopic (exact) mass is 451 g/mol. The maximum Gasteiger partial charge on any atom is 0.319 e. The smallest absolute Gasteiger partial charge is 0.319 e. The van der Waals surface area contributed by atoms with E-state index in [9.17, 15) is 4.79 Å². The van der Waals surface area contributed by atoms with Gasteiger partial charge in [0, 0.05) is 31.4 Å². The van der Waals surface area contributed by atoms with Crippen LogP contribution in [0.25, 0.3) is 5.57 Å². The van der Waals surface area contributed by atoms with Crippen molar-refractivity contribution in [2.75, 3.05) is 26.1 Å². The van der Waals surface area contributed by atoms with E-state index >= 15 is 0 Å². The van der Waals surface area contributed by atoms with Crippen molar-refractivity contribution in [3.63, 3.8) is 0 Å². The lowest BCUT2D eigenvalue weighted by molar-refractivity contribution is 0.238. The lowest BCUT2D eigenvalue weighted by atomic mass is 9.74. The van der Waals surface area contributed by atoms with Crippen LogP contribution in [0, 0.1) is 0 Å². The zero-order chi connectivity index (χ0) is 23.7. The van der Waals surface area contributed by atoms with E-state index in [0.29, 0.717) is 0 Å². The Bertz CT molecular complexity index is 1240. The number of nitrogens with zero attached hydrogens (tertiary/aromatic N) is 1. The SMILES string of the molecule is COc1ccc(C2CC(c3ccccc3)=CC3=C2C(c2ccc(N(C)C)cc2)NC(=O)N3)cc1. The van der Waals surface area contributed by atoms with Gasteiger partial charge >= 0.3 is 6.03 Å². The Morgan fingerprint density at radius 3 is 2.21 bits per heavy atom. The first-order chi connectivity index (χ1) is 16.5. The minimum absolute atomic E-state index is 0.104. The molecule has 2 aliphatic rings. The van der Waals surface area contributed by atoms with Gasteiger partial charge in [-0.05, 0) is 64.6 Å². The van der Waals surface area contributed by atoms with Gasteiger partial charge in [0.05, 0.1) is 13.2 Å². The van der Waals surface area contributed by atoms with Crippen LogP contribution in [0.1, 0.15) is 35.1 Å². The number of amides is 2. The Labute approximate surface area is 200 Å². The molecule has 5 heteroatoms. The second-order valence-electron chi connectivity index (χ2n) is 8.95. The average molecular weight is 452 g/mol. The first-order valence-corrected chi connectivity index (χ1v) is 11.5. The topological polar surface area (TPSA) is 53.6 Å². The molecule has 0 saturated heterocycles. The highest BCUT2D eigenvalue weighted by molar-refractivity contribution is 5.83. The number of methoxy groups -OCH3 is 1. The molecule has 1 aliphatic carbocycles. The molecule has 2 unspecified atom stereocenters. The summed E-state index contributed by atoms with van der Waals surface area (Å²) in [6.45, 7) is 0. The number of anilines is 1. The molecule has 0 aromatic heterocycles. The Kier molecular flexibility index (Phi) is 5.84. The van der Waals surface area contributed by atoms with Crippen LogP contribution >= 0.6 is 0 Å². The molecule has 2 N–H and O–H groups in total. The van der Waals surface area contributed by atoms with Crippen LogP contribution in [-0.4, -0.2) is 27.2 Å². The second kappa shape index (κ2) is 9.10. The minimum atomic E-state index is -0.208. The van der Waals surface area contributed by atoms with Gasteiger partial charge in [-0.25, -0.2) is 4.79 Å². The van der Waals surface area contributed by atoms with Crippen molar-refractivity contribution in [1.29, 1.82) is 0 Å². The van der Waals surface area contributed by atoms with Crippen molar-refractivity contribution in [3.8, 4) is 5.75 Å². The highest BCUT2D eigenvalue weighted by atomic mass is 16.5. The van der Waals surface area contributed by atoms with E-state index in [2.05, 4.69) is 82.3 Å². The third kappa shape index (κ3) is 4.17. The Hall–Kier alpha value is -3.99. The summed E-state index contributed by atoms with van der Waals surface area (Å²) in [5.41, 5.74) is 7.85. The molecule has 0 fully saturated rings. The van der Waals surface area contributed by atoms with Crippen molar-refractivity contribution >= 4 is 17.3 Å². The van der Waals surface area contributed by atoms with Gasteiger partial charge in [0.2, 0.25) is 0 Å². The first-order valence-electron chi connectivity index (χ1n) is 11.5. The third-order valence-electron chi connectivity index (χ3n) is 6.67. The van der Waals surface area contributed by atoms with Gasteiger partial charge in [0.25, 0.3) is 0 Å². The number of hydrogen-bond acceptors (Lipinski definition) is 3. The summed E-state index contributed by atoms with van der Waals surface area (Å²) in [6, 6.07) is 26.7. The summed E-state index contributed by atoms with van der Waals surface area (Å²) in [5, 5.41) is 6.27. The standard InChI is InChI=1S/C29H29N3O2/c1-32(2)23-13-9-21(10-14-23)28-27-25(20-11-15-24(34-3)16-12-20)17-22(19-7-5-4-6-8-19)18-26(27)30-29(33)31-28/h4-16,18,25,28H,17H2,1-3H3,(H2,30,31,33). The number of rotatable bonds is 5. The van der Waals surface area contributed by atoms with E-state index in [1.165, 1.54) is 22.3 Å². The molecule has 2 amide bonds. The van der Waals surface area contributed by atoms with Crippen LogP contribution in [0.3, 0.4) is 0 Å². The normalized spacial score (nSPS) is 19.5. The summed E-state index contributed by atoms with van der Waals surface area (Å²) in [6.07, 6.45) is 2.99. The summed E-state index contributed by atoms with van der Waals surface area (Å²) >= 11 is 0. The molecule has 5 rings (SSSR count). The fourth-order valence-corrected chi connectivity index (χ4v) is 4.88. The zero-order valence-electron chi connectivity index (χ0n) is 19.7. The number of carbonyl (C=O) groups excluding carboxylic acids is 1. The Morgan fingerprint density at radius 2 is 1.56 bits per heavy atom. The molecule has 3 aromatic rings. The van der Waals surface area contributed by atoms with Crippen LogP contribution < -0.4 is 20.3 Å². The zero-order valence-corrected chi connectivity index (χ0v) is 19.7. The molecule has 0 saturated carbocycles. The molecule has 1 aliphatic heterocycles. The van der Waals surface area contributed by atoms with E-state index in [-0.39, 0.29) is 18.0 Å². The van der Waals surface area contributed by atoms with Crippen LogP contribution in [0.15, 0.2) is 96.2 Å². The summed E-state index contributed by atoms with van der Waals surface area (Å²) in [7, 11) is 5.73. The number of benzene rings is 3. The van der Waals surface area contributed by atoms with Gasteiger partial charge in [0.15, 0.2) is 0 Å². The summed E-state index contributed by atoms with van der Waals surface area (Å²) < 4.78 is 5.39. The Balaban J connectivity index is 1.63. The van der Waals surface area contributed by atoms with E-state index in [1.807, 2.05) is 32.3 Å². The van der Waals surface area contributed by atoms with E-state index < -0.39 is 0 Å². The van der Waals surface area contributed by atoms with Crippen molar-refractivity contribution < 1.29 is 9.53 Å². The molecule has 0 spiro atoms. The predicted molar refractivity (Wildman–Crippen MR) is 137 cm³/mol. The van der Waals surface area contributed by atoms with Gasteiger partial charge in [-0.1, -0.05) is 54.6 Å². The number of carbonyl (C=O) groups is 1. The van der Waals surface area contributed by atoms with Crippen LogP contribution in [0.2, 0.25) is 0 Å². The molecule has 2 atom stereocenters. The highest BCUT2D eigenvalue weighted by Gasteiger charge is 2.36. The van der Waals surface area contributed by atoms with Crippen LogP contribution in [-0.2, 0) is 0 Å². The van der Waals surface area contributed by atoms with Crippen molar-refractivity contribution in [2.45, 2.75) is 18.4 Å². The lowest BCUT2D eigenvalue weighted by Gasteiger charge is -2.38. The minimum Gasteiger partial charge on any atom is -0.497 e. The average Bonchev–Trinajstić information content (AvgIpc) is 2.88. The third-order valence-corrected chi connectivity index (χ3v) is 6.67. The van der Waals surface area contributed by atoms with Gasteiger partial charge in [-0.15, -0.1) is 0 Å². The van der Waals surface area contributed by atoms with Gasteiger partial charge < -0.3 is 20.3 Å². The quantitative estimate of drug-likeness (QED) is 0.528. The van der Waals surface area contributed by atoms with Gasteiger partial charge in [0.1, 0.15) is 5.75 Å². The van der Waals surface area contributed by atoms with Gasteiger partial charge in [-0.2, -0.15) is 0 Å². The van der Waals surface area contributed by atoms with Crippen molar-refractivity contribution in [1.82, 2.24) is 10.6 Å². The molecule has 5 nitrogen and oxygen atoms in total. The number of allylic oxidation sites excluding steroid dienone is 2. The van der Waals surface area contributed by atoms with Crippen molar-refractivity contribution in [2.24, 2.45) is 0 Å². The molecule has 3 aromatic carbocycles. The number of ether oxygens (including phenoxy) is 1.